The predicted octanol–water partition coefficient (Wildman–Crippen LogP) is 1.35. The van der Waals surface area contributed by atoms with E-state index in [1.807, 2.05) is 0 Å². The maximum Gasteiger partial charge on any atom is 0.329 e. The van der Waals surface area contributed by atoms with E-state index in [-0.39, 0.29) is 6.03 Å². The van der Waals surface area contributed by atoms with Gasteiger partial charge in [-0.25, -0.2) is 9.59 Å². The van der Waals surface area contributed by atoms with E-state index >= 15 is 0 Å². The number of nitrogens with zero attached hydrogens (tertiary/aromatic N) is 1. The zero-order valence-corrected chi connectivity index (χ0v) is 14.0. The molecule has 1 aliphatic heterocycles. The number of rotatable bonds is 5. The van der Waals surface area contributed by atoms with Gasteiger partial charge in [0.1, 0.15) is 11.3 Å². The van der Waals surface area contributed by atoms with Crippen LogP contribution in [0.5, 0.6) is 5.75 Å². The summed E-state index contributed by atoms with van der Waals surface area (Å²) in [6.45, 7) is 0.986. The number of amides is 3. The van der Waals surface area contributed by atoms with E-state index in [1.54, 1.807) is 18.2 Å². The highest BCUT2D eigenvalue weighted by atomic mass is 16.5. The molecule has 3 rings (SSSR count). The minimum atomic E-state index is -1.21. The quantitative estimate of drug-likeness (QED) is 0.745. The summed E-state index contributed by atoms with van der Waals surface area (Å²) in [6, 6.07) is 4.48. The van der Waals surface area contributed by atoms with Gasteiger partial charge in [-0.15, -0.1) is 0 Å². The number of ether oxygens (including phenoxy) is 1. The third-order valence-corrected chi connectivity index (χ3v) is 4.81. The lowest BCUT2D eigenvalue weighted by Gasteiger charge is -2.26. The number of aliphatic carboxylic acids is 1. The molecule has 1 heterocycles. The van der Waals surface area contributed by atoms with Crippen LogP contribution in [0.4, 0.5) is 10.5 Å². The summed E-state index contributed by atoms with van der Waals surface area (Å²) in [5.41, 5.74) is -0.425. The molecule has 1 aromatic carbocycles. The summed E-state index contributed by atoms with van der Waals surface area (Å²) in [5.74, 6) is -0.999. The molecule has 0 radical (unpaired) electrons. The first-order valence-corrected chi connectivity index (χ1v) is 8.26. The van der Waals surface area contributed by atoms with Crippen LogP contribution in [0.1, 0.15) is 36.0 Å². The molecule has 2 aliphatic rings. The van der Waals surface area contributed by atoms with Gasteiger partial charge in [0, 0.05) is 18.7 Å². The molecule has 8 heteroatoms. The van der Waals surface area contributed by atoms with Gasteiger partial charge in [0.15, 0.2) is 0 Å². The topological polar surface area (TPSA) is 108 Å². The molecule has 0 unspecified atom stereocenters. The molecular formula is C17H21N3O5. The van der Waals surface area contributed by atoms with Crippen molar-refractivity contribution >= 4 is 23.6 Å². The van der Waals surface area contributed by atoms with Crippen molar-refractivity contribution in [1.82, 2.24) is 10.6 Å². The number of benzene rings is 1. The third-order valence-electron chi connectivity index (χ3n) is 4.81. The number of carbonyl (C=O) groups excluding carboxylic acids is 2. The SMILES string of the molecule is COc1ccc(C(=O)NC2(C(=O)O)CCCC2)cc1N1CCNC1=O. The number of nitrogens with one attached hydrogen (secondary N) is 2. The van der Waals surface area contributed by atoms with Gasteiger partial charge in [0.2, 0.25) is 0 Å². The van der Waals surface area contributed by atoms with E-state index in [4.69, 9.17) is 4.74 Å². The number of hydrogen-bond acceptors (Lipinski definition) is 4. The molecule has 1 saturated carbocycles. The van der Waals surface area contributed by atoms with Crippen molar-refractivity contribution in [3.63, 3.8) is 0 Å². The van der Waals surface area contributed by atoms with Gasteiger partial charge in [-0.3, -0.25) is 9.69 Å². The molecule has 3 amide bonds. The lowest BCUT2D eigenvalue weighted by Crippen LogP contribution is -2.52. The van der Waals surface area contributed by atoms with Crippen molar-refractivity contribution < 1.29 is 24.2 Å². The van der Waals surface area contributed by atoms with Crippen LogP contribution < -0.4 is 20.3 Å². The summed E-state index contributed by atoms with van der Waals surface area (Å²) in [6.07, 6.45) is 2.39. The first-order chi connectivity index (χ1) is 12.0. The molecule has 1 saturated heterocycles. The lowest BCUT2D eigenvalue weighted by atomic mass is 9.97. The van der Waals surface area contributed by atoms with E-state index in [2.05, 4.69) is 10.6 Å². The molecule has 134 valence electrons. The Bertz CT molecular complexity index is 712. The molecule has 1 aliphatic carbocycles. The van der Waals surface area contributed by atoms with Crippen molar-refractivity contribution in [3.8, 4) is 5.75 Å². The Morgan fingerprint density at radius 2 is 2.04 bits per heavy atom. The molecular weight excluding hydrogens is 326 g/mol. The van der Waals surface area contributed by atoms with Gasteiger partial charge in [0.05, 0.1) is 12.8 Å². The summed E-state index contributed by atoms with van der Waals surface area (Å²) in [5, 5.41) is 14.9. The normalized spacial score (nSPS) is 18.8. The van der Waals surface area contributed by atoms with E-state index in [9.17, 15) is 19.5 Å². The molecule has 0 bridgehead atoms. The van der Waals surface area contributed by atoms with Gasteiger partial charge in [0.25, 0.3) is 5.91 Å². The Morgan fingerprint density at radius 3 is 2.60 bits per heavy atom. The van der Waals surface area contributed by atoms with E-state index in [0.717, 1.165) is 12.8 Å². The summed E-state index contributed by atoms with van der Waals surface area (Å²) in [4.78, 5) is 37.7. The van der Waals surface area contributed by atoms with Gasteiger partial charge in [-0.2, -0.15) is 0 Å². The highest BCUT2D eigenvalue weighted by Gasteiger charge is 2.42. The zero-order chi connectivity index (χ0) is 18.0. The molecule has 0 atom stereocenters. The van der Waals surface area contributed by atoms with Crippen molar-refractivity contribution in [2.24, 2.45) is 0 Å². The summed E-state index contributed by atoms with van der Waals surface area (Å²) >= 11 is 0. The average Bonchev–Trinajstić information content (AvgIpc) is 3.24. The molecule has 25 heavy (non-hydrogen) atoms. The molecule has 2 fully saturated rings. The summed E-state index contributed by atoms with van der Waals surface area (Å²) in [7, 11) is 1.49. The number of carboxylic acids is 1. The van der Waals surface area contributed by atoms with Crippen LogP contribution in [0.15, 0.2) is 18.2 Å². The average molecular weight is 347 g/mol. The van der Waals surface area contributed by atoms with Crippen molar-refractivity contribution in [1.29, 1.82) is 0 Å². The van der Waals surface area contributed by atoms with E-state index < -0.39 is 17.4 Å². The highest BCUT2D eigenvalue weighted by Crippen LogP contribution is 2.32. The molecule has 3 N–H and O–H groups in total. The fourth-order valence-electron chi connectivity index (χ4n) is 3.40. The second-order valence-electron chi connectivity index (χ2n) is 6.32. The lowest BCUT2D eigenvalue weighted by molar-refractivity contribution is -0.144. The first kappa shape index (κ1) is 17.1. The number of hydrogen-bond donors (Lipinski definition) is 3. The second kappa shape index (κ2) is 6.62. The maximum atomic E-state index is 12.6. The first-order valence-electron chi connectivity index (χ1n) is 8.26. The number of carbonyl (C=O) groups is 3. The van der Waals surface area contributed by atoms with E-state index in [0.29, 0.717) is 42.9 Å². The van der Waals surface area contributed by atoms with Crippen LogP contribution in [0.25, 0.3) is 0 Å². The predicted molar refractivity (Wildman–Crippen MR) is 90.0 cm³/mol. The minimum absolute atomic E-state index is 0.256. The van der Waals surface area contributed by atoms with Crippen molar-refractivity contribution in [2.75, 3.05) is 25.1 Å². The van der Waals surface area contributed by atoms with Crippen LogP contribution in [0.2, 0.25) is 0 Å². The van der Waals surface area contributed by atoms with Crippen LogP contribution in [0.3, 0.4) is 0 Å². The Balaban J connectivity index is 1.88. The van der Waals surface area contributed by atoms with Crippen molar-refractivity contribution in [2.45, 2.75) is 31.2 Å². The Hall–Kier alpha value is -2.77. The van der Waals surface area contributed by atoms with Crippen LogP contribution in [-0.2, 0) is 4.79 Å². The molecule has 1 aromatic rings. The summed E-state index contributed by atoms with van der Waals surface area (Å²) < 4.78 is 5.28. The van der Waals surface area contributed by atoms with Crippen LogP contribution >= 0.6 is 0 Å². The molecule has 0 aromatic heterocycles. The number of anilines is 1. The largest absolute Gasteiger partial charge is 0.495 e. The smallest absolute Gasteiger partial charge is 0.329 e. The molecule has 0 spiro atoms. The van der Waals surface area contributed by atoms with Crippen LogP contribution in [0, 0.1) is 0 Å². The monoisotopic (exact) mass is 347 g/mol. The molecule has 8 nitrogen and oxygen atoms in total. The van der Waals surface area contributed by atoms with Gasteiger partial charge >= 0.3 is 12.0 Å². The number of carboxylic acid groups (broad SMARTS) is 1. The fourth-order valence-corrected chi connectivity index (χ4v) is 3.40. The zero-order valence-electron chi connectivity index (χ0n) is 14.0. The Morgan fingerprint density at radius 1 is 1.32 bits per heavy atom. The number of methoxy groups -OCH3 is 1. The number of urea groups is 1. The van der Waals surface area contributed by atoms with Gasteiger partial charge < -0.3 is 20.5 Å². The maximum absolute atomic E-state index is 12.6. The van der Waals surface area contributed by atoms with E-state index in [1.165, 1.54) is 12.0 Å². The van der Waals surface area contributed by atoms with Gasteiger partial charge in [-0.05, 0) is 31.0 Å². The fraction of sp³-hybridized carbons (Fsp3) is 0.471. The minimum Gasteiger partial charge on any atom is -0.495 e. The van der Waals surface area contributed by atoms with Gasteiger partial charge in [-0.1, -0.05) is 12.8 Å². The van der Waals surface area contributed by atoms with Crippen LogP contribution in [-0.4, -0.2) is 48.8 Å². The Kier molecular flexibility index (Phi) is 4.52. The second-order valence-corrected chi connectivity index (χ2v) is 6.32. The Labute approximate surface area is 145 Å². The standard InChI is InChI=1S/C17H21N3O5/c1-25-13-5-4-11(10-12(13)20-9-8-18-16(20)24)14(21)19-17(15(22)23)6-2-3-7-17/h4-5,10H,2-3,6-9H2,1H3,(H,18,24)(H,19,21)(H,22,23). The third kappa shape index (κ3) is 3.11. The highest BCUT2D eigenvalue weighted by molar-refractivity contribution is 6.01. The van der Waals surface area contributed by atoms with Crippen molar-refractivity contribution in [3.05, 3.63) is 23.8 Å².